The average molecular weight is 579 g/mol. The Morgan fingerprint density at radius 2 is 1.16 bits per heavy atom. The predicted octanol–water partition coefficient (Wildman–Crippen LogP) is 8.46. The zero-order valence-electron chi connectivity index (χ0n) is 18.2. The molecule has 37 heavy (non-hydrogen) atoms. The van der Waals surface area contributed by atoms with Crippen molar-refractivity contribution in [2.24, 2.45) is 0 Å². The van der Waals surface area contributed by atoms with E-state index in [1.165, 1.54) is 30.3 Å². The van der Waals surface area contributed by atoms with Crippen molar-refractivity contribution in [3.8, 4) is 0 Å². The number of hydrogen-bond donors (Lipinski definition) is 1. The fourth-order valence-corrected chi connectivity index (χ4v) is 3.72. The molecule has 0 aliphatic carbocycles. The van der Waals surface area contributed by atoms with Crippen molar-refractivity contribution in [1.29, 1.82) is 0 Å². The molecule has 0 heterocycles. The minimum atomic E-state index is -8.02. The molecule has 0 radical (unpaired) electrons. The number of aliphatic hydroxyl groups is 1. The highest BCUT2D eigenvalue weighted by Crippen LogP contribution is 2.62. The molecule has 2 atom stereocenters. The Bertz CT molecular complexity index is 1090. The Kier molecular flexibility index (Phi) is 7.97. The van der Waals surface area contributed by atoms with E-state index in [0.717, 1.165) is 31.2 Å². The first-order chi connectivity index (χ1) is 16.5. The highest BCUT2D eigenvalue weighted by molar-refractivity contribution is 6.30. The van der Waals surface area contributed by atoms with Gasteiger partial charge >= 0.3 is 35.8 Å². The Morgan fingerprint density at radius 3 is 1.62 bits per heavy atom. The van der Waals surface area contributed by atoms with Crippen LogP contribution >= 0.6 is 11.6 Å². The first-order valence-electron chi connectivity index (χ1n) is 9.96. The summed E-state index contributed by atoms with van der Waals surface area (Å²) in [5, 5.41) is 10.9. The van der Waals surface area contributed by atoms with E-state index in [9.17, 15) is 62.2 Å². The highest BCUT2D eigenvalue weighted by atomic mass is 35.5. The van der Waals surface area contributed by atoms with Crippen LogP contribution in [0.25, 0.3) is 0 Å². The Balaban J connectivity index is 2.68. The molecule has 0 aliphatic rings. The highest BCUT2D eigenvalue weighted by Gasteiger charge is 2.90. The zero-order chi connectivity index (χ0) is 28.9. The van der Waals surface area contributed by atoms with Crippen LogP contribution in [0.2, 0.25) is 5.02 Å². The first kappa shape index (κ1) is 31.0. The van der Waals surface area contributed by atoms with Gasteiger partial charge in [0.15, 0.2) is 0 Å². The van der Waals surface area contributed by atoms with E-state index in [-0.39, 0.29) is 10.6 Å². The van der Waals surface area contributed by atoms with Gasteiger partial charge in [0.05, 0.1) is 6.42 Å². The normalized spacial score (nSPS) is 16.9. The maximum Gasteiger partial charge on any atom is 0.460 e. The number of halogens is 14. The van der Waals surface area contributed by atoms with Crippen LogP contribution in [0.3, 0.4) is 0 Å². The predicted molar refractivity (Wildman–Crippen MR) is 106 cm³/mol. The lowest BCUT2D eigenvalue weighted by Gasteiger charge is -2.43. The second kappa shape index (κ2) is 9.51. The molecule has 0 aromatic heterocycles. The van der Waals surface area contributed by atoms with Gasteiger partial charge in [0.1, 0.15) is 5.60 Å². The summed E-state index contributed by atoms with van der Waals surface area (Å²) in [5.74, 6) is -39.5. The summed E-state index contributed by atoms with van der Waals surface area (Å²) in [7, 11) is 0. The third-order valence-corrected chi connectivity index (χ3v) is 6.07. The maximum absolute atomic E-state index is 14.8. The van der Waals surface area contributed by atoms with Gasteiger partial charge in [-0.1, -0.05) is 61.0 Å². The van der Waals surface area contributed by atoms with Gasteiger partial charge in [-0.05, 0) is 23.3 Å². The molecule has 0 saturated heterocycles. The molecule has 15 heteroatoms. The van der Waals surface area contributed by atoms with Crippen LogP contribution in [0.15, 0.2) is 54.6 Å². The van der Waals surface area contributed by atoms with Crippen molar-refractivity contribution >= 4 is 11.6 Å². The van der Waals surface area contributed by atoms with Crippen LogP contribution in [-0.2, 0) is 5.60 Å². The van der Waals surface area contributed by atoms with Crippen molar-refractivity contribution in [3.05, 3.63) is 70.7 Å². The van der Waals surface area contributed by atoms with Gasteiger partial charge in [0.25, 0.3) is 0 Å². The summed E-state index contributed by atoms with van der Waals surface area (Å²) in [6.07, 6.45) is -10.3. The molecule has 2 aromatic carbocycles. The van der Waals surface area contributed by atoms with E-state index < -0.39 is 59.3 Å². The monoisotopic (exact) mass is 578 g/mol. The van der Waals surface area contributed by atoms with Crippen LogP contribution < -0.4 is 0 Å². The fourth-order valence-electron chi connectivity index (χ4n) is 3.53. The number of benzene rings is 2. The minimum Gasteiger partial charge on any atom is -0.384 e. The summed E-state index contributed by atoms with van der Waals surface area (Å²) < 4.78 is 177. The summed E-state index contributed by atoms with van der Waals surface area (Å²) in [5.41, 5.74) is -4.05. The Hall–Kier alpha value is -2.22. The van der Waals surface area contributed by atoms with Crippen LogP contribution in [0.1, 0.15) is 30.4 Å². The molecule has 0 bridgehead atoms. The SMILES string of the molecule is CC(c1ccccc1)C(O)(CC(F)(F)C(F)(F)C(F)(F)C(F)(F)C(F)(F)C(F)(F)F)c1cccc(Cl)c1. The largest absolute Gasteiger partial charge is 0.460 e. The molecule has 2 aromatic rings. The summed E-state index contributed by atoms with van der Waals surface area (Å²) in [6, 6.07) is 10.2. The van der Waals surface area contributed by atoms with Gasteiger partial charge in [-0.25, -0.2) is 0 Å². The molecule has 2 rings (SSSR count). The van der Waals surface area contributed by atoms with Gasteiger partial charge in [0.2, 0.25) is 0 Å². The molecule has 0 fully saturated rings. The van der Waals surface area contributed by atoms with E-state index in [1.54, 1.807) is 0 Å². The number of hydrogen-bond acceptors (Lipinski definition) is 1. The molecule has 0 saturated carbocycles. The molecule has 0 amide bonds. The van der Waals surface area contributed by atoms with Crippen molar-refractivity contribution in [1.82, 2.24) is 0 Å². The molecule has 1 nitrogen and oxygen atoms in total. The lowest BCUT2D eigenvalue weighted by atomic mass is 9.73. The van der Waals surface area contributed by atoms with E-state index >= 15 is 0 Å². The van der Waals surface area contributed by atoms with Crippen molar-refractivity contribution in [3.63, 3.8) is 0 Å². The summed E-state index contributed by atoms with van der Waals surface area (Å²) in [4.78, 5) is 0. The van der Waals surface area contributed by atoms with Crippen molar-refractivity contribution < 1.29 is 62.2 Å². The standard InChI is InChI=1S/C22H16ClF13O/c1-12(13-6-3-2-4-7-13)16(37,14-8-5-9-15(23)10-14)11-17(24,25)18(26,27)19(28,29)20(30,31)21(32,33)22(34,35)36/h2-10,12,37H,11H2,1H3. The zero-order valence-corrected chi connectivity index (χ0v) is 19.0. The van der Waals surface area contributed by atoms with Crippen molar-refractivity contribution in [2.45, 2.75) is 60.7 Å². The van der Waals surface area contributed by atoms with Crippen LogP contribution in [0.5, 0.6) is 0 Å². The lowest BCUT2D eigenvalue weighted by molar-refractivity contribution is -0.441. The van der Waals surface area contributed by atoms with Gasteiger partial charge < -0.3 is 5.11 Å². The van der Waals surface area contributed by atoms with Gasteiger partial charge in [-0.15, -0.1) is 0 Å². The third-order valence-electron chi connectivity index (χ3n) is 5.83. The quantitative estimate of drug-likeness (QED) is 0.296. The molecule has 0 spiro atoms. The molecule has 1 N–H and O–H groups in total. The van der Waals surface area contributed by atoms with Gasteiger partial charge in [-0.3, -0.25) is 0 Å². The molecule has 0 aliphatic heterocycles. The first-order valence-corrected chi connectivity index (χ1v) is 10.3. The molecular formula is C22H16ClF13O. The van der Waals surface area contributed by atoms with Crippen LogP contribution in [0.4, 0.5) is 57.1 Å². The smallest absolute Gasteiger partial charge is 0.384 e. The van der Waals surface area contributed by atoms with Gasteiger partial charge in [0, 0.05) is 10.9 Å². The van der Waals surface area contributed by atoms with E-state index in [0.29, 0.717) is 0 Å². The van der Waals surface area contributed by atoms with Crippen molar-refractivity contribution in [2.75, 3.05) is 0 Å². The second-order valence-corrected chi connectivity index (χ2v) is 8.68. The molecule has 208 valence electrons. The summed E-state index contributed by atoms with van der Waals surface area (Å²) in [6.45, 7) is 0.967. The Morgan fingerprint density at radius 1 is 0.676 bits per heavy atom. The van der Waals surface area contributed by atoms with E-state index in [1.807, 2.05) is 0 Å². The average Bonchev–Trinajstić information content (AvgIpc) is 2.77. The van der Waals surface area contributed by atoms with Crippen LogP contribution in [-0.4, -0.2) is 40.9 Å². The topological polar surface area (TPSA) is 20.2 Å². The number of rotatable bonds is 9. The van der Waals surface area contributed by atoms with E-state index in [2.05, 4.69) is 0 Å². The minimum absolute atomic E-state index is 0.0511. The summed E-state index contributed by atoms with van der Waals surface area (Å²) >= 11 is 5.73. The third kappa shape index (κ3) is 4.98. The van der Waals surface area contributed by atoms with Gasteiger partial charge in [-0.2, -0.15) is 57.1 Å². The number of alkyl halides is 13. The van der Waals surface area contributed by atoms with E-state index in [4.69, 9.17) is 11.6 Å². The van der Waals surface area contributed by atoms with Crippen LogP contribution in [0, 0.1) is 0 Å². The second-order valence-electron chi connectivity index (χ2n) is 8.24. The molecular weight excluding hydrogens is 563 g/mol. The Labute approximate surface area is 205 Å². The lowest BCUT2D eigenvalue weighted by Crippen LogP contribution is -2.70. The molecule has 2 unspecified atom stereocenters. The fraction of sp³-hybridized carbons (Fsp3) is 0.455. The maximum atomic E-state index is 14.8.